The van der Waals surface area contributed by atoms with Crippen LogP contribution in [0, 0.1) is 27.5 Å². The molecule has 5 aromatic rings. The summed E-state index contributed by atoms with van der Waals surface area (Å²) in [6.07, 6.45) is 1.61. The second kappa shape index (κ2) is 11.6. The van der Waals surface area contributed by atoms with Gasteiger partial charge in [0.05, 0.1) is 23.4 Å². The Morgan fingerprint density at radius 2 is 1.79 bits per heavy atom. The van der Waals surface area contributed by atoms with Gasteiger partial charge in [0, 0.05) is 39.1 Å². The number of fused-ring (bicyclic) bond motifs is 1. The second-order valence-electron chi connectivity index (χ2n) is 11.1. The lowest BCUT2D eigenvalue weighted by Crippen LogP contribution is -2.16. The van der Waals surface area contributed by atoms with Crippen LogP contribution in [0.1, 0.15) is 45.7 Å². The van der Waals surface area contributed by atoms with Gasteiger partial charge in [0.1, 0.15) is 29.6 Å². The molecule has 1 fully saturated rings. The quantitative estimate of drug-likeness (QED) is 0.150. The van der Waals surface area contributed by atoms with E-state index in [4.69, 9.17) is 9.72 Å². The molecule has 2 heterocycles. The Kier molecular flexibility index (Phi) is 7.89. The lowest BCUT2D eigenvalue weighted by atomic mass is 10.0. The van der Waals surface area contributed by atoms with Crippen molar-refractivity contribution in [3.05, 3.63) is 110 Å². The summed E-state index contributed by atoms with van der Waals surface area (Å²) in [5.41, 5.74) is 3.48. The number of ether oxygens (including phenoxy) is 1. The smallest absolute Gasteiger partial charge is 0.335 e. The largest absolute Gasteiger partial charge is 0.478 e. The number of imidazole rings is 1. The van der Waals surface area contributed by atoms with Crippen molar-refractivity contribution in [2.75, 3.05) is 6.67 Å². The van der Waals surface area contributed by atoms with E-state index in [-0.39, 0.29) is 30.3 Å². The number of nitrogens with zero attached hydrogens (tertiary/aromatic N) is 3. The number of rotatable bonds is 10. The molecule has 0 amide bonds. The highest BCUT2D eigenvalue weighted by atomic mass is 127. The molecule has 3 aromatic carbocycles. The van der Waals surface area contributed by atoms with E-state index in [1.165, 1.54) is 12.1 Å². The molecule has 2 aromatic heterocycles. The fourth-order valence-electron chi connectivity index (χ4n) is 5.11. The maximum absolute atomic E-state index is 15.5. The molecule has 1 saturated carbocycles. The number of aromatic carboxylic acids is 1. The van der Waals surface area contributed by atoms with Crippen molar-refractivity contribution in [3.8, 4) is 17.1 Å². The van der Waals surface area contributed by atoms with E-state index in [0.29, 0.717) is 49.4 Å². The summed E-state index contributed by atoms with van der Waals surface area (Å²) in [5.74, 6) is -1.05. The Morgan fingerprint density at radius 3 is 2.49 bits per heavy atom. The molecule has 0 atom stereocenters. The Bertz CT molecular complexity index is 1870. The van der Waals surface area contributed by atoms with Crippen molar-refractivity contribution in [2.45, 2.75) is 39.3 Å². The van der Waals surface area contributed by atoms with Crippen molar-refractivity contribution >= 4 is 39.6 Å². The number of alkyl halides is 1. The molecule has 0 unspecified atom stereocenters. The maximum atomic E-state index is 15.5. The van der Waals surface area contributed by atoms with Gasteiger partial charge < -0.3 is 14.4 Å². The van der Waals surface area contributed by atoms with E-state index in [9.17, 15) is 18.7 Å². The zero-order chi connectivity index (χ0) is 30.3. The zero-order valence-corrected chi connectivity index (χ0v) is 25.4. The minimum Gasteiger partial charge on any atom is -0.478 e. The summed E-state index contributed by atoms with van der Waals surface area (Å²) in [5, 5.41) is 9.60. The maximum Gasteiger partial charge on any atom is 0.335 e. The molecule has 0 saturated heterocycles. The Balaban J connectivity index is 1.27. The van der Waals surface area contributed by atoms with E-state index in [2.05, 4.69) is 4.98 Å². The topological polar surface area (TPSA) is 77.2 Å². The molecular weight excluding hydrogens is 670 g/mol. The third-order valence-electron chi connectivity index (χ3n) is 7.87. The highest BCUT2D eigenvalue weighted by Crippen LogP contribution is 2.48. The molecule has 6 rings (SSSR count). The van der Waals surface area contributed by atoms with Crippen LogP contribution in [0.25, 0.3) is 22.3 Å². The molecule has 43 heavy (non-hydrogen) atoms. The SMILES string of the molecule is Cc1ccc(COc2cccc(-c3ccc(Cc4nc5c(I)cc(C(=O)O)cc5n4CC4(CF)CC4)c(F)c3)n2)c(F)c1. The normalized spacial score (nSPS) is 13.8. The number of carboxylic acids is 1. The predicted octanol–water partition coefficient (Wildman–Crippen LogP) is 7.91. The van der Waals surface area contributed by atoms with E-state index >= 15 is 4.39 Å². The van der Waals surface area contributed by atoms with Crippen LogP contribution in [-0.2, 0) is 19.6 Å². The Hall–Kier alpha value is -3.93. The van der Waals surface area contributed by atoms with Crippen LogP contribution in [-0.4, -0.2) is 32.3 Å². The molecular formula is C33H27F3IN3O3. The number of hydrogen-bond donors (Lipinski definition) is 1. The summed E-state index contributed by atoms with van der Waals surface area (Å²) in [6, 6.07) is 18.0. The summed E-state index contributed by atoms with van der Waals surface area (Å²) in [4.78, 5) is 21.0. The van der Waals surface area contributed by atoms with Crippen LogP contribution < -0.4 is 4.74 Å². The van der Waals surface area contributed by atoms with E-state index in [1.54, 1.807) is 48.5 Å². The van der Waals surface area contributed by atoms with Crippen molar-refractivity contribution < 1.29 is 27.8 Å². The van der Waals surface area contributed by atoms with Crippen molar-refractivity contribution in [2.24, 2.45) is 5.41 Å². The van der Waals surface area contributed by atoms with Crippen LogP contribution in [0.4, 0.5) is 13.2 Å². The van der Waals surface area contributed by atoms with E-state index < -0.39 is 23.9 Å². The Labute approximate surface area is 259 Å². The number of hydrogen-bond acceptors (Lipinski definition) is 4. The van der Waals surface area contributed by atoms with Crippen molar-refractivity contribution in [1.29, 1.82) is 0 Å². The van der Waals surface area contributed by atoms with Gasteiger partial charge >= 0.3 is 5.97 Å². The standard InChI is InChI=1S/C33H27F3IN3O3/c1-19-5-6-22(24(35)11-19)16-43-30-4-2-3-27(38-30)21-8-7-20(25(36)12-21)15-29-39-31-26(37)13-23(32(41)42)14-28(31)40(29)18-33(17-34)9-10-33/h2-8,11-14H,9-10,15-18H2,1H3,(H,41,42). The molecule has 10 heteroatoms. The van der Waals surface area contributed by atoms with Crippen LogP contribution in [0.5, 0.6) is 5.88 Å². The zero-order valence-electron chi connectivity index (χ0n) is 23.2. The van der Waals surface area contributed by atoms with Crippen LogP contribution >= 0.6 is 22.6 Å². The third-order valence-corrected chi connectivity index (χ3v) is 8.69. The van der Waals surface area contributed by atoms with Gasteiger partial charge in [-0.3, -0.25) is 4.39 Å². The van der Waals surface area contributed by atoms with Gasteiger partial charge in [-0.25, -0.2) is 23.5 Å². The summed E-state index contributed by atoms with van der Waals surface area (Å²) >= 11 is 2.05. The molecule has 0 radical (unpaired) electrons. The fraction of sp³-hybridized carbons (Fsp3) is 0.242. The minimum atomic E-state index is -1.06. The molecule has 1 aliphatic rings. The molecule has 1 N–H and O–H groups in total. The van der Waals surface area contributed by atoms with Crippen molar-refractivity contribution in [3.63, 3.8) is 0 Å². The first-order valence-corrected chi connectivity index (χ1v) is 14.8. The molecule has 0 bridgehead atoms. The van der Waals surface area contributed by atoms with Gasteiger partial charge in [-0.1, -0.05) is 30.3 Å². The minimum absolute atomic E-state index is 0.00739. The summed E-state index contributed by atoms with van der Waals surface area (Å²) in [6.45, 7) is 1.68. The number of halogens is 4. The number of carboxylic acid groups (broad SMARTS) is 1. The molecule has 1 aliphatic carbocycles. The lowest BCUT2D eigenvalue weighted by Gasteiger charge is -2.16. The average molecular weight is 697 g/mol. The van der Waals surface area contributed by atoms with Gasteiger partial charge in [-0.15, -0.1) is 0 Å². The summed E-state index contributed by atoms with van der Waals surface area (Å²) in [7, 11) is 0. The third kappa shape index (κ3) is 6.11. The summed E-state index contributed by atoms with van der Waals surface area (Å²) < 4.78 is 51.9. The van der Waals surface area contributed by atoms with Crippen LogP contribution in [0.3, 0.4) is 0 Å². The van der Waals surface area contributed by atoms with Gasteiger partial charge in [-0.2, -0.15) is 0 Å². The number of pyridine rings is 1. The van der Waals surface area contributed by atoms with Crippen molar-refractivity contribution in [1.82, 2.24) is 14.5 Å². The number of aryl methyl sites for hydroxylation is 1. The van der Waals surface area contributed by atoms with Gasteiger partial charge in [-0.05, 0) is 83.8 Å². The lowest BCUT2D eigenvalue weighted by molar-refractivity contribution is 0.0697. The van der Waals surface area contributed by atoms with Crippen LogP contribution in [0.15, 0.2) is 66.7 Å². The van der Waals surface area contributed by atoms with Gasteiger partial charge in [0.25, 0.3) is 0 Å². The van der Waals surface area contributed by atoms with E-state index in [0.717, 1.165) is 18.4 Å². The Morgan fingerprint density at radius 1 is 1.02 bits per heavy atom. The molecule has 0 aliphatic heterocycles. The number of aromatic nitrogens is 3. The second-order valence-corrected chi connectivity index (χ2v) is 12.3. The predicted molar refractivity (Wildman–Crippen MR) is 165 cm³/mol. The molecule has 6 nitrogen and oxygen atoms in total. The highest BCUT2D eigenvalue weighted by molar-refractivity contribution is 14.1. The first-order valence-electron chi connectivity index (χ1n) is 13.8. The molecule has 220 valence electrons. The first kappa shape index (κ1) is 29.2. The number of benzene rings is 3. The average Bonchev–Trinajstić information content (AvgIpc) is 3.68. The molecule has 0 spiro atoms. The van der Waals surface area contributed by atoms with Gasteiger partial charge in [0.15, 0.2) is 0 Å². The number of carbonyl (C=O) groups is 1. The fourth-order valence-corrected chi connectivity index (χ4v) is 5.84. The van der Waals surface area contributed by atoms with Gasteiger partial charge in [0.2, 0.25) is 5.88 Å². The van der Waals surface area contributed by atoms with E-state index in [1.807, 2.05) is 40.1 Å². The first-order chi connectivity index (χ1) is 20.6. The monoisotopic (exact) mass is 697 g/mol. The highest BCUT2D eigenvalue weighted by Gasteiger charge is 2.44. The van der Waals surface area contributed by atoms with Crippen LogP contribution in [0.2, 0.25) is 0 Å².